The summed E-state index contributed by atoms with van der Waals surface area (Å²) < 4.78 is 0. The molecule has 1 aromatic rings. The maximum absolute atomic E-state index is 8.03. The summed E-state index contributed by atoms with van der Waals surface area (Å²) in [4.78, 5) is 6.80. The van der Waals surface area contributed by atoms with Crippen LogP contribution in [0, 0.1) is 6.92 Å². The molecule has 0 amide bonds. The monoisotopic (exact) mass is 162 g/mol. The van der Waals surface area contributed by atoms with Crippen LogP contribution >= 0.6 is 0 Å². The zero-order valence-corrected chi connectivity index (χ0v) is 6.94. The molecule has 0 aliphatic carbocycles. The fourth-order valence-electron chi connectivity index (χ4n) is 0.870. The van der Waals surface area contributed by atoms with Crippen LogP contribution in [-0.4, -0.2) is 11.5 Å². The standard InChI is InChI=1S/C8H10N4/c1-7-2-3-8(6-10-7)4-5-11-12-9/h2-3,6H,4-5H2,1H3. The third kappa shape index (κ3) is 2.60. The molecule has 0 unspecified atom stereocenters. The van der Waals surface area contributed by atoms with Gasteiger partial charge >= 0.3 is 0 Å². The maximum atomic E-state index is 8.03. The molecule has 1 aromatic heterocycles. The molecule has 1 heterocycles. The molecular formula is C8H10N4. The molecular weight excluding hydrogens is 152 g/mol. The minimum Gasteiger partial charge on any atom is -0.261 e. The fourth-order valence-corrected chi connectivity index (χ4v) is 0.870. The Morgan fingerprint density at radius 2 is 2.42 bits per heavy atom. The lowest BCUT2D eigenvalue weighted by Crippen LogP contribution is -1.90. The van der Waals surface area contributed by atoms with Crippen LogP contribution in [0.2, 0.25) is 0 Å². The van der Waals surface area contributed by atoms with Gasteiger partial charge in [0.25, 0.3) is 0 Å². The Balaban J connectivity index is 2.53. The highest BCUT2D eigenvalue weighted by molar-refractivity contribution is 5.13. The number of hydrogen-bond donors (Lipinski definition) is 0. The van der Waals surface area contributed by atoms with Crippen LogP contribution in [0.5, 0.6) is 0 Å². The lowest BCUT2D eigenvalue weighted by molar-refractivity contribution is 0.943. The lowest BCUT2D eigenvalue weighted by atomic mass is 10.2. The van der Waals surface area contributed by atoms with Gasteiger partial charge in [-0.25, -0.2) is 0 Å². The number of hydrogen-bond acceptors (Lipinski definition) is 2. The molecule has 0 aromatic carbocycles. The van der Waals surface area contributed by atoms with Gasteiger partial charge in [-0.1, -0.05) is 11.2 Å². The summed E-state index contributed by atoms with van der Waals surface area (Å²) >= 11 is 0. The Kier molecular flexibility index (Phi) is 3.11. The van der Waals surface area contributed by atoms with Gasteiger partial charge in [0.1, 0.15) is 0 Å². The van der Waals surface area contributed by atoms with Gasteiger partial charge in [-0.15, -0.1) is 0 Å². The Labute approximate surface area is 70.9 Å². The normalized spacial score (nSPS) is 9.08. The molecule has 0 fully saturated rings. The van der Waals surface area contributed by atoms with Crippen molar-refractivity contribution in [3.8, 4) is 0 Å². The Bertz CT molecular complexity index is 284. The largest absolute Gasteiger partial charge is 0.261 e. The fraction of sp³-hybridized carbons (Fsp3) is 0.375. The van der Waals surface area contributed by atoms with Crippen molar-refractivity contribution in [3.05, 3.63) is 40.0 Å². The van der Waals surface area contributed by atoms with E-state index in [1.54, 1.807) is 0 Å². The van der Waals surface area contributed by atoms with E-state index in [-0.39, 0.29) is 0 Å². The van der Waals surface area contributed by atoms with Crippen molar-refractivity contribution in [2.75, 3.05) is 6.54 Å². The Morgan fingerprint density at radius 3 is 3.00 bits per heavy atom. The van der Waals surface area contributed by atoms with Gasteiger partial charge in [0.15, 0.2) is 0 Å². The number of azide groups is 1. The van der Waals surface area contributed by atoms with E-state index in [0.29, 0.717) is 6.54 Å². The molecule has 0 radical (unpaired) electrons. The van der Waals surface area contributed by atoms with Crippen LogP contribution in [0.4, 0.5) is 0 Å². The lowest BCUT2D eigenvalue weighted by Gasteiger charge is -1.96. The minimum absolute atomic E-state index is 0.501. The molecule has 0 saturated heterocycles. The molecule has 1 rings (SSSR count). The van der Waals surface area contributed by atoms with Crippen molar-refractivity contribution in [2.45, 2.75) is 13.3 Å². The quantitative estimate of drug-likeness (QED) is 0.382. The maximum Gasteiger partial charge on any atom is 0.0372 e. The van der Waals surface area contributed by atoms with Crippen molar-refractivity contribution >= 4 is 0 Å². The molecule has 12 heavy (non-hydrogen) atoms. The van der Waals surface area contributed by atoms with Crippen molar-refractivity contribution in [1.29, 1.82) is 0 Å². The molecule has 0 aliphatic heterocycles. The Morgan fingerprint density at radius 1 is 1.58 bits per heavy atom. The van der Waals surface area contributed by atoms with E-state index in [1.807, 2.05) is 25.3 Å². The first kappa shape index (κ1) is 8.56. The third-order valence-electron chi connectivity index (χ3n) is 1.54. The van der Waals surface area contributed by atoms with Crippen molar-refractivity contribution in [2.24, 2.45) is 5.11 Å². The van der Waals surface area contributed by atoms with Crippen molar-refractivity contribution < 1.29 is 0 Å². The van der Waals surface area contributed by atoms with E-state index in [2.05, 4.69) is 15.0 Å². The highest BCUT2D eigenvalue weighted by Gasteiger charge is 1.90. The second-order valence-electron chi connectivity index (χ2n) is 2.51. The second kappa shape index (κ2) is 4.36. The number of nitrogens with zero attached hydrogens (tertiary/aromatic N) is 4. The van der Waals surface area contributed by atoms with Crippen LogP contribution < -0.4 is 0 Å². The van der Waals surface area contributed by atoms with Gasteiger partial charge in [-0.05, 0) is 30.5 Å². The average Bonchev–Trinajstić information content (AvgIpc) is 2.09. The van der Waals surface area contributed by atoms with Gasteiger partial charge in [-0.3, -0.25) is 4.98 Å². The summed E-state index contributed by atoms with van der Waals surface area (Å²) in [7, 11) is 0. The molecule has 4 heteroatoms. The van der Waals surface area contributed by atoms with E-state index in [4.69, 9.17) is 5.53 Å². The van der Waals surface area contributed by atoms with Gasteiger partial charge < -0.3 is 0 Å². The average molecular weight is 162 g/mol. The van der Waals surface area contributed by atoms with E-state index in [9.17, 15) is 0 Å². The van der Waals surface area contributed by atoms with Gasteiger partial charge in [-0.2, -0.15) is 0 Å². The molecule has 4 nitrogen and oxygen atoms in total. The molecule has 0 spiro atoms. The van der Waals surface area contributed by atoms with Crippen LogP contribution in [-0.2, 0) is 6.42 Å². The minimum atomic E-state index is 0.501. The molecule has 0 N–H and O–H groups in total. The summed E-state index contributed by atoms with van der Waals surface area (Å²) in [6, 6.07) is 3.95. The van der Waals surface area contributed by atoms with Crippen LogP contribution in [0.1, 0.15) is 11.3 Å². The topological polar surface area (TPSA) is 61.7 Å². The number of pyridine rings is 1. The first-order valence-electron chi connectivity index (χ1n) is 3.75. The zero-order valence-electron chi connectivity index (χ0n) is 6.94. The summed E-state index contributed by atoms with van der Waals surface area (Å²) in [6.07, 6.45) is 2.57. The molecule has 0 aliphatic rings. The first-order chi connectivity index (χ1) is 5.83. The van der Waals surface area contributed by atoms with E-state index >= 15 is 0 Å². The van der Waals surface area contributed by atoms with Gasteiger partial charge in [0, 0.05) is 23.3 Å². The predicted molar refractivity (Wildman–Crippen MR) is 46.7 cm³/mol. The second-order valence-corrected chi connectivity index (χ2v) is 2.51. The number of aromatic nitrogens is 1. The summed E-state index contributed by atoms with van der Waals surface area (Å²) in [5, 5.41) is 3.44. The summed E-state index contributed by atoms with van der Waals surface area (Å²) in [5.74, 6) is 0. The molecule has 0 atom stereocenters. The zero-order chi connectivity index (χ0) is 8.81. The smallest absolute Gasteiger partial charge is 0.0372 e. The third-order valence-corrected chi connectivity index (χ3v) is 1.54. The highest BCUT2D eigenvalue weighted by atomic mass is 15.1. The van der Waals surface area contributed by atoms with E-state index in [0.717, 1.165) is 17.7 Å². The highest BCUT2D eigenvalue weighted by Crippen LogP contribution is 2.00. The van der Waals surface area contributed by atoms with Gasteiger partial charge in [0.2, 0.25) is 0 Å². The molecule has 0 saturated carbocycles. The van der Waals surface area contributed by atoms with Crippen LogP contribution in [0.25, 0.3) is 10.4 Å². The van der Waals surface area contributed by atoms with Crippen molar-refractivity contribution in [3.63, 3.8) is 0 Å². The van der Waals surface area contributed by atoms with Gasteiger partial charge in [0.05, 0.1) is 0 Å². The van der Waals surface area contributed by atoms with Crippen molar-refractivity contribution in [1.82, 2.24) is 4.98 Å². The van der Waals surface area contributed by atoms with Crippen LogP contribution in [0.15, 0.2) is 23.4 Å². The summed E-state index contributed by atoms with van der Waals surface area (Å²) in [5.41, 5.74) is 10.1. The number of aryl methyl sites for hydroxylation is 1. The molecule has 0 bridgehead atoms. The summed E-state index contributed by atoms with van der Waals surface area (Å²) in [6.45, 7) is 2.44. The predicted octanol–water partition coefficient (Wildman–Crippen LogP) is 2.24. The number of rotatable bonds is 3. The SMILES string of the molecule is Cc1ccc(CCN=[N+]=[N-])cn1. The van der Waals surface area contributed by atoms with Crippen LogP contribution in [0.3, 0.4) is 0 Å². The first-order valence-corrected chi connectivity index (χ1v) is 3.75. The van der Waals surface area contributed by atoms with E-state index < -0.39 is 0 Å². The van der Waals surface area contributed by atoms with E-state index in [1.165, 1.54) is 0 Å². The Hall–Kier alpha value is -1.54. The molecule has 62 valence electrons.